The molecule has 0 radical (unpaired) electrons. The highest BCUT2D eigenvalue weighted by atomic mass is 16.6. The van der Waals surface area contributed by atoms with Crippen molar-refractivity contribution in [3.05, 3.63) is 34.9 Å². The number of fused-ring (bicyclic) bond motifs is 1. The quantitative estimate of drug-likeness (QED) is 0.376. The van der Waals surface area contributed by atoms with Crippen molar-refractivity contribution in [2.45, 2.75) is 91.5 Å². The highest BCUT2D eigenvalue weighted by Crippen LogP contribution is 2.46. The smallest absolute Gasteiger partial charge is 0.303 e. The lowest BCUT2D eigenvalue weighted by Crippen LogP contribution is -2.34. The monoisotopic (exact) mass is 346 g/mol. The highest BCUT2D eigenvalue weighted by molar-refractivity contribution is 5.66. The molecule has 1 heterocycles. The maximum atomic E-state index is 11.7. The predicted octanol–water partition coefficient (Wildman–Crippen LogP) is 5.51. The topological polar surface area (TPSA) is 38.8 Å². The Balaban J connectivity index is 2.30. The number of ether oxygens (including phenoxy) is 2. The Morgan fingerprint density at radius 1 is 1.24 bits per heavy atom. The zero-order valence-corrected chi connectivity index (χ0v) is 16.7. The van der Waals surface area contributed by atoms with Crippen LogP contribution in [0, 0.1) is 5.92 Å². The first-order valence-electron chi connectivity index (χ1n) is 9.59. The summed E-state index contributed by atoms with van der Waals surface area (Å²) in [6.07, 6.45) is 11.7. The first-order valence-corrected chi connectivity index (χ1v) is 9.59. The Labute approximate surface area is 153 Å². The van der Waals surface area contributed by atoms with Crippen LogP contribution in [0.15, 0.2) is 34.9 Å². The Morgan fingerprint density at radius 2 is 1.96 bits per heavy atom. The van der Waals surface area contributed by atoms with Gasteiger partial charge in [0.2, 0.25) is 0 Å². The molecule has 1 aliphatic heterocycles. The highest BCUT2D eigenvalue weighted by Gasteiger charge is 2.58. The largest absolute Gasteiger partial charge is 0.459 e. The third-order valence-electron chi connectivity index (χ3n) is 5.50. The van der Waals surface area contributed by atoms with Crippen molar-refractivity contribution < 1.29 is 14.3 Å². The van der Waals surface area contributed by atoms with Gasteiger partial charge >= 0.3 is 5.97 Å². The second-order valence-electron chi connectivity index (χ2n) is 8.13. The van der Waals surface area contributed by atoms with Gasteiger partial charge in [-0.05, 0) is 52.4 Å². The van der Waals surface area contributed by atoms with Crippen LogP contribution in [0.4, 0.5) is 0 Å². The van der Waals surface area contributed by atoms with Crippen molar-refractivity contribution in [1.82, 2.24) is 0 Å². The van der Waals surface area contributed by atoms with Gasteiger partial charge in [-0.15, -0.1) is 0 Å². The molecule has 0 aromatic carbocycles. The van der Waals surface area contributed by atoms with E-state index >= 15 is 0 Å². The summed E-state index contributed by atoms with van der Waals surface area (Å²) in [5, 5.41) is 0. The summed E-state index contributed by atoms with van der Waals surface area (Å²) in [6.45, 7) is 12.4. The molecule has 2 rings (SSSR count). The third-order valence-corrected chi connectivity index (χ3v) is 5.50. The second kappa shape index (κ2) is 8.35. The molecule has 3 nitrogen and oxygen atoms in total. The average Bonchev–Trinajstić information content (AvgIpc) is 3.18. The Kier molecular flexibility index (Phi) is 6.67. The number of rotatable bonds is 2. The zero-order valence-electron chi connectivity index (χ0n) is 16.7. The summed E-state index contributed by atoms with van der Waals surface area (Å²) in [5.74, 6) is 0.186. The van der Waals surface area contributed by atoms with Gasteiger partial charge in [0.15, 0.2) is 0 Å². The summed E-state index contributed by atoms with van der Waals surface area (Å²) in [6, 6.07) is 0. The van der Waals surface area contributed by atoms with Crippen LogP contribution in [0.2, 0.25) is 0 Å². The summed E-state index contributed by atoms with van der Waals surface area (Å²) < 4.78 is 11.7. The first-order chi connectivity index (χ1) is 11.7. The van der Waals surface area contributed by atoms with Crippen LogP contribution in [-0.4, -0.2) is 23.8 Å². The molecule has 0 saturated carbocycles. The molecule has 0 N–H and O–H groups in total. The van der Waals surface area contributed by atoms with Crippen molar-refractivity contribution in [2.24, 2.45) is 5.92 Å². The number of epoxide rings is 1. The van der Waals surface area contributed by atoms with E-state index in [-0.39, 0.29) is 23.8 Å². The standard InChI is InChI=1S/C22H34O3/c1-15(2)19-12-10-16(3)8-7-9-17(4)11-13-20-22(6,25-20)21(14-19)24-18(5)23/h9-10,12,15,20-21H,7-8,11,13-14H2,1-6H3/b16-10+,17-9+,19-12+/t20-,21-,22+/m1/s1. The van der Waals surface area contributed by atoms with Crippen LogP contribution >= 0.6 is 0 Å². The van der Waals surface area contributed by atoms with Crippen LogP contribution in [0.1, 0.15) is 73.6 Å². The van der Waals surface area contributed by atoms with Gasteiger partial charge in [-0.3, -0.25) is 4.79 Å². The molecule has 25 heavy (non-hydrogen) atoms. The minimum Gasteiger partial charge on any atom is -0.459 e. The number of allylic oxidation sites excluding steroid dienone is 5. The van der Waals surface area contributed by atoms with Gasteiger partial charge in [-0.2, -0.15) is 0 Å². The normalized spacial score (nSPS) is 37.5. The van der Waals surface area contributed by atoms with Crippen LogP contribution in [-0.2, 0) is 14.3 Å². The molecule has 0 amide bonds. The Hall–Kier alpha value is -1.35. The summed E-state index contributed by atoms with van der Waals surface area (Å²) in [5.41, 5.74) is 3.76. The molecule has 1 aliphatic carbocycles. The molecule has 0 aromatic rings. The zero-order chi connectivity index (χ0) is 18.6. The van der Waals surface area contributed by atoms with Gasteiger partial charge in [0.25, 0.3) is 0 Å². The maximum Gasteiger partial charge on any atom is 0.303 e. The molecule has 140 valence electrons. The van der Waals surface area contributed by atoms with E-state index in [4.69, 9.17) is 9.47 Å². The van der Waals surface area contributed by atoms with Gasteiger partial charge in [0, 0.05) is 13.3 Å². The fourth-order valence-electron chi connectivity index (χ4n) is 3.51. The van der Waals surface area contributed by atoms with E-state index in [2.05, 4.69) is 52.8 Å². The average molecular weight is 347 g/mol. The molecule has 1 fully saturated rings. The third kappa shape index (κ3) is 5.57. The van der Waals surface area contributed by atoms with Gasteiger partial charge in [0.1, 0.15) is 11.7 Å². The number of carbonyl (C=O) groups is 1. The number of hydrogen-bond acceptors (Lipinski definition) is 3. The van der Waals surface area contributed by atoms with Gasteiger partial charge < -0.3 is 9.47 Å². The van der Waals surface area contributed by atoms with E-state index in [0.29, 0.717) is 5.92 Å². The lowest BCUT2D eigenvalue weighted by Gasteiger charge is -2.24. The minimum absolute atomic E-state index is 0.175. The number of hydrogen-bond donors (Lipinski definition) is 0. The molecule has 3 atom stereocenters. The Bertz CT molecular complexity index is 582. The first kappa shape index (κ1) is 20.0. The second-order valence-corrected chi connectivity index (χ2v) is 8.13. The molecule has 0 spiro atoms. The van der Waals surface area contributed by atoms with E-state index in [0.717, 1.165) is 32.1 Å². The Morgan fingerprint density at radius 3 is 2.60 bits per heavy atom. The van der Waals surface area contributed by atoms with Crippen LogP contribution in [0.25, 0.3) is 0 Å². The lowest BCUT2D eigenvalue weighted by atomic mass is 9.87. The van der Waals surface area contributed by atoms with Crippen LogP contribution in [0.3, 0.4) is 0 Å². The van der Waals surface area contributed by atoms with Crippen molar-refractivity contribution in [1.29, 1.82) is 0 Å². The van der Waals surface area contributed by atoms with E-state index in [1.165, 1.54) is 23.6 Å². The molecule has 0 aromatic heterocycles. The predicted molar refractivity (Wildman–Crippen MR) is 102 cm³/mol. The summed E-state index contributed by atoms with van der Waals surface area (Å²) >= 11 is 0. The SMILES string of the molecule is CC(=O)O[C@@H]1C/C(C(C)C)=C\C=C(/C)CC/C=C(\C)CC[C@H]2O[C@]12C. The fourth-order valence-corrected chi connectivity index (χ4v) is 3.51. The number of carbonyl (C=O) groups excluding carboxylic acids is 1. The molecule has 0 bridgehead atoms. The number of esters is 1. The fraction of sp³-hybridized carbons (Fsp3) is 0.682. The molecule has 3 heteroatoms. The van der Waals surface area contributed by atoms with E-state index in [1.54, 1.807) is 0 Å². The van der Waals surface area contributed by atoms with Crippen molar-refractivity contribution >= 4 is 5.97 Å². The molecular weight excluding hydrogens is 312 g/mol. The van der Waals surface area contributed by atoms with Crippen LogP contribution < -0.4 is 0 Å². The maximum absolute atomic E-state index is 11.7. The lowest BCUT2D eigenvalue weighted by molar-refractivity contribution is -0.149. The van der Waals surface area contributed by atoms with Crippen molar-refractivity contribution in [3.8, 4) is 0 Å². The molecule has 0 unspecified atom stereocenters. The summed E-state index contributed by atoms with van der Waals surface area (Å²) in [7, 11) is 0. The van der Waals surface area contributed by atoms with Gasteiger partial charge in [0.05, 0.1) is 6.10 Å². The molecular formula is C22H34O3. The van der Waals surface area contributed by atoms with E-state index in [1.807, 2.05) is 0 Å². The minimum atomic E-state index is -0.358. The van der Waals surface area contributed by atoms with E-state index < -0.39 is 0 Å². The van der Waals surface area contributed by atoms with Crippen molar-refractivity contribution in [3.63, 3.8) is 0 Å². The van der Waals surface area contributed by atoms with Crippen LogP contribution in [0.5, 0.6) is 0 Å². The van der Waals surface area contributed by atoms with Gasteiger partial charge in [-0.25, -0.2) is 0 Å². The van der Waals surface area contributed by atoms with Crippen molar-refractivity contribution in [2.75, 3.05) is 0 Å². The molecule has 1 saturated heterocycles. The van der Waals surface area contributed by atoms with Gasteiger partial charge in [-0.1, -0.05) is 48.8 Å². The summed E-state index contributed by atoms with van der Waals surface area (Å²) in [4.78, 5) is 11.7. The van der Waals surface area contributed by atoms with E-state index in [9.17, 15) is 4.79 Å². The molecule has 2 aliphatic rings.